The molecule has 5 nitrogen and oxygen atoms in total. The molecule has 3 rings (SSSR count). The van der Waals surface area contributed by atoms with Crippen LogP contribution in [0, 0.1) is 12.8 Å². The maximum atomic E-state index is 12.7. The van der Waals surface area contributed by atoms with Crippen LogP contribution in [0.4, 0.5) is 11.4 Å². The molecule has 1 saturated heterocycles. The number of carbonyl (C=O) groups is 2. The maximum absolute atomic E-state index is 12.7. The number of rotatable bonds is 3. The normalized spacial score (nSPS) is 14.4. The molecule has 0 bridgehead atoms. The first kappa shape index (κ1) is 20.8. The Morgan fingerprint density at radius 3 is 2.41 bits per heavy atom. The molecule has 144 valence electrons. The Morgan fingerprint density at radius 2 is 1.78 bits per heavy atom. The molecule has 2 aromatic carbocycles. The number of hydrogen-bond acceptors (Lipinski definition) is 3. The molecule has 1 fully saturated rings. The minimum atomic E-state index is -0.218. The first-order valence-corrected chi connectivity index (χ1v) is 9.01. The SMILES string of the molecule is Cc1cc(C(=O)N2CCC(C)CC2)ccc1NC(=O)c1cccc(N)c1.Cl. The lowest BCUT2D eigenvalue weighted by Crippen LogP contribution is -2.37. The Balaban J connectivity index is 0.00000261. The highest BCUT2D eigenvalue weighted by Gasteiger charge is 2.21. The average Bonchev–Trinajstić information content (AvgIpc) is 2.63. The van der Waals surface area contributed by atoms with E-state index in [9.17, 15) is 9.59 Å². The predicted octanol–water partition coefficient (Wildman–Crippen LogP) is 4.12. The fraction of sp³-hybridized carbons (Fsp3) is 0.333. The van der Waals surface area contributed by atoms with Crippen LogP contribution >= 0.6 is 12.4 Å². The van der Waals surface area contributed by atoms with E-state index in [2.05, 4.69) is 12.2 Å². The summed E-state index contributed by atoms with van der Waals surface area (Å²) in [5.41, 5.74) is 9.01. The number of carbonyl (C=O) groups excluding carboxylic acids is 2. The summed E-state index contributed by atoms with van der Waals surface area (Å²) in [5, 5.41) is 2.89. The van der Waals surface area contributed by atoms with Gasteiger partial charge in [0, 0.05) is 35.6 Å². The number of nitrogen functional groups attached to an aromatic ring is 1. The molecule has 1 aliphatic rings. The third kappa shape index (κ3) is 5.01. The van der Waals surface area contributed by atoms with Crippen LogP contribution in [0.1, 0.15) is 46.0 Å². The molecule has 0 aliphatic carbocycles. The lowest BCUT2D eigenvalue weighted by Gasteiger charge is -2.30. The number of benzene rings is 2. The van der Waals surface area contributed by atoms with E-state index in [0.29, 0.717) is 28.4 Å². The van der Waals surface area contributed by atoms with Gasteiger partial charge in [0.2, 0.25) is 0 Å². The van der Waals surface area contributed by atoms with E-state index in [1.807, 2.05) is 17.9 Å². The molecule has 1 aliphatic heterocycles. The molecule has 0 radical (unpaired) electrons. The van der Waals surface area contributed by atoms with Gasteiger partial charge in [0.25, 0.3) is 11.8 Å². The largest absolute Gasteiger partial charge is 0.399 e. The Kier molecular flexibility index (Phi) is 6.86. The van der Waals surface area contributed by atoms with Crippen LogP contribution in [0.15, 0.2) is 42.5 Å². The van der Waals surface area contributed by atoms with Crippen molar-refractivity contribution < 1.29 is 9.59 Å². The van der Waals surface area contributed by atoms with Crippen molar-refractivity contribution in [3.05, 3.63) is 59.2 Å². The van der Waals surface area contributed by atoms with Crippen molar-refractivity contribution in [3.8, 4) is 0 Å². The van der Waals surface area contributed by atoms with Crippen molar-refractivity contribution in [3.63, 3.8) is 0 Å². The van der Waals surface area contributed by atoms with Crippen LogP contribution < -0.4 is 11.1 Å². The van der Waals surface area contributed by atoms with Gasteiger partial charge in [-0.05, 0) is 67.6 Å². The summed E-state index contributed by atoms with van der Waals surface area (Å²) in [5.74, 6) is 0.531. The standard InChI is InChI=1S/C21H25N3O2.ClH/c1-14-8-10-24(11-9-14)21(26)17-6-7-19(15(2)12-17)23-20(25)16-4-3-5-18(22)13-16;/h3-7,12-14H,8-11,22H2,1-2H3,(H,23,25);1H. The summed E-state index contributed by atoms with van der Waals surface area (Å²) in [6.45, 7) is 5.74. The number of likely N-dealkylation sites (tertiary alicyclic amines) is 1. The third-order valence-electron chi connectivity index (χ3n) is 4.94. The minimum absolute atomic E-state index is 0. The van der Waals surface area contributed by atoms with E-state index in [1.165, 1.54) is 0 Å². The zero-order valence-electron chi connectivity index (χ0n) is 15.7. The van der Waals surface area contributed by atoms with Crippen molar-refractivity contribution in [2.45, 2.75) is 26.7 Å². The maximum Gasteiger partial charge on any atom is 0.255 e. The summed E-state index contributed by atoms with van der Waals surface area (Å²) in [4.78, 5) is 27.0. The number of aryl methyl sites for hydroxylation is 1. The van der Waals surface area contributed by atoms with E-state index in [0.717, 1.165) is 31.5 Å². The lowest BCUT2D eigenvalue weighted by molar-refractivity contribution is 0.0697. The summed E-state index contributed by atoms with van der Waals surface area (Å²) < 4.78 is 0. The number of halogens is 1. The zero-order chi connectivity index (χ0) is 18.7. The second-order valence-corrected chi connectivity index (χ2v) is 7.08. The van der Waals surface area contributed by atoms with Gasteiger partial charge in [-0.1, -0.05) is 13.0 Å². The van der Waals surface area contributed by atoms with Gasteiger partial charge in [0.1, 0.15) is 0 Å². The molecule has 0 aromatic heterocycles. The fourth-order valence-corrected chi connectivity index (χ4v) is 3.21. The number of hydrogen-bond donors (Lipinski definition) is 2. The van der Waals surface area contributed by atoms with Gasteiger partial charge >= 0.3 is 0 Å². The first-order chi connectivity index (χ1) is 12.4. The lowest BCUT2D eigenvalue weighted by atomic mass is 9.98. The summed E-state index contributed by atoms with van der Waals surface area (Å²) in [7, 11) is 0. The van der Waals surface area contributed by atoms with Crippen molar-refractivity contribution in [1.29, 1.82) is 0 Å². The van der Waals surface area contributed by atoms with Gasteiger partial charge in [-0.25, -0.2) is 0 Å². The summed E-state index contributed by atoms with van der Waals surface area (Å²) >= 11 is 0. The molecule has 0 saturated carbocycles. The molecule has 0 atom stereocenters. The predicted molar refractivity (Wildman–Crippen MR) is 112 cm³/mol. The van der Waals surface area contributed by atoms with Crippen LogP contribution in [-0.4, -0.2) is 29.8 Å². The van der Waals surface area contributed by atoms with Crippen molar-refractivity contribution in [2.24, 2.45) is 5.92 Å². The molecule has 2 aromatic rings. The highest BCUT2D eigenvalue weighted by atomic mass is 35.5. The second-order valence-electron chi connectivity index (χ2n) is 7.08. The van der Waals surface area contributed by atoms with Gasteiger partial charge < -0.3 is 16.0 Å². The highest BCUT2D eigenvalue weighted by Crippen LogP contribution is 2.22. The molecule has 1 heterocycles. The van der Waals surface area contributed by atoms with Gasteiger partial charge in [0.15, 0.2) is 0 Å². The van der Waals surface area contributed by atoms with Crippen molar-refractivity contribution in [2.75, 3.05) is 24.1 Å². The Hall–Kier alpha value is -2.53. The Labute approximate surface area is 166 Å². The molecule has 6 heteroatoms. The molecule has 0 spiro atoms. The van der Waals surface area contributed by atoms with E-state index < -0.39 is 0 Å². The Morgan fingerprint density at radius 1 is 1.07 bits per heavy atom. The van der Waals surface area contributed by atoms with Crippen LogP contribution in [0.25, 0.3) is 0 Å². The number of nitrogens with one attached hydrogen (secondary N) is 1. The van der Waals surface area contributed by atoms with Crippen molar-refractivity contribution in [1.82, 2.24) is 4.90 Å². The minimum Gasteiger partial charge on any atom is -0.399 e. The molecule has 3 N–H and O–H groups in total. The van der Waals surface area contributed by atoms with Crippen LogP contribution in [-0.2, 0) is 0 Å². The monoisotopic (exact) mass is 387 g/mol. The second kappa shape index (κ2) is 8.91. The average molecular weight is 388 g/mol. The molecule has 0 unspecified atom stereocenters. The number of amides is 2. The topological polar surface area (TPSA) is 75.4 Å². The quantitative estimate of drug-likeness (QED) is 0.777. The zero-order valence-corrected chi connectivity index (χ0v) is 16.5. The Bertz CT molecular complexity index is 830. The van der Waals surface area contributed by atoms with Gasteiger partial charge in [-0.2, -0.15) is 0 Å². The number of nitrogens with zero attached hydrogens (tertiary/aromatic N) is 1. The van der Waals surface area contributed by atoms with E-state index >= 15 is 0 Å². The first-order valence-electron chi connectivity index (χ1n) is 9.01. The van der Waals surface area contributed by atoms with Gasteiger partial charge in [-0.15, -0.1) is 12.4 Å². The highest BCUT2D eigenvalue weighted by molar-refractivity contribution is 6.05. The van der Waals surface area contributed by atoms with E-state index in [1.54, 1.807) is 36.4 Å². The number of nitrogens with two attached hydrogens (primary N) is 1. The smallest absolute Gasteiger partial charge is 0.255 e. The fourth-order valence-electron chi connectivity index (χ4n) is 3.21. The van der Waals surface area contributed by atoms with Crippen molar-refractivity contribution >= 4 is 35.6 Å². The summed E-state index contributed by atoms with van der Waals surface area (Å²) in [6.07, 6.45) is 2.11. The number of piperidine rings is 1. The molecule has 2 amide bonds. The molecular weight excluding hydrogens is 362 g/mol. The third-order valence-corrected chi connectivity index (χ3v) is 4.94. The molecule has 27 heavy (non-hydrogen) atoms. The van der Waals surface area contributed by atoms with Crippen LogP contribution in [0.2, 0.25) is 0 Å². The van der Waals surface area contributed by atoms with Gasteiger partial charge in [-0.3, -0.25) is 9.59 Å². The number of anilines is 2. The summed E-state index contributed by atoms with van der Waals surface area (Å²) in [6, 6.07) is 12.3. The van der Waals surface area contributed by atoms with E-state index in [4.69, 9.17) is 5.73 Å². The van der Waals surface area contributed by atoms with E-state index in [-0.39, 0.29) is 24.2 Å². The molecular formula is C21H26ClN3O2. The van der Waals surface area contributed by atoms with Gasteiger partial charge in [0.05, 0.1) is 0 Å². The van der Waals surface area contributed by atoms with Crippen LogP contribution in [0.5, 0.6) is 0 Å². The van der Waals surface area contributed by atoms with Crippen LogP contribution in [0.3, 0.4) is 0 Å².